The van der Waals surface area contributed by atoms with E-state index in [0.29, 0.717) is 12.3 Å². The number of hydrazine groups is 1. The number of halogens is 1. The minimum Gasteiger partial charge on any atom is -0.494 e. The third kappa shape index (κ3) is 5.29. The topological polar surface area (TPSA) is 85.2 Å². The van der Waals surface area contributed by atoms with Crippen molar-refractivity contribution in [3.63, 3.8) is 0 Å². The average molecular weight is 394 g/mol. The van der Waals surface area contributed by atoms with E-state index in [2.05, 4.69) is 15.8 Å². The quantitative estimate of drug-likeness (QED) is 0.497. The summed E-state index contributed by atoms with van der Waals surface area (Å²) in [5.41, 5.74) is 6.20. The molecule has 148 valence electrons. The van der Waals surface area contributed by atoms with Crippen molar-refractivity contribution in [1.82, 2.24) is 20.4 Å². The molecule has 0 aliphatic carbocycles. The Morgan fingerprint density at radius 2 is 1.83 bits per heavy atom. The zero-order chi connectivity index (χ0) is 20.6. The van der Waals surface area contributed by atoms with Gasteiger partial charge in [-0.1, -0.05) is 12.1 Å². The maximum Gasteiger partial charge on any atom is 0.288 e. The van der Waals surface area contributed by atoms with Crippen LogP contribution < -0.4 is 15.6 Å². The normalized spacial score (nSPS) is 10.7. The number of aromatic nitrogens is 2. The second-order valence-corrected chi connectivity index (χ2v) is 5.90. The SMILES string of the molecule is CCOc1ccc(/C=C/C(=O)NNC(=O)c2cncn2-c2ccc(F)cc2)cc1. The molecule has 3 aromatic rings. The minimum absolute atomic E-state index is 0.187. The Morgan fingerprint density at radius 1 is 1.10 bits per heavy atom. The summed E-state index contributed by atoms with van der Waals surface area (Å²) < 4.78 is 19.9. The summed E-state index contributed by atoms with van der Waals surface area (Å²) in [7, 11) is 0. The highest BCUT2D eigenvalue weighted by molar-refractivity contribution is 5.97. The van der Waals surface area contributed by atoms with Crippen molar-refractivity contribution in [3.05, 3.63) is 84.2 Å². The van der Waals surface area contributed by atoms with Crippen molar-refractivity contribution >= 4 is 17.9 Å². The second-order valence-electron chi connectivity index (χ2n) is 5.90. The van der Waals surface area contributed by atoms with Gasteiger partial charge < -0.3 is 4.74 Å². The van der Waals surface area contributed by atoms with Crippen LogP contribution in [0.5, 0.6) is 5.75 Å². The van der Waals surface area contributed by atoms with Gasteiger partial charge in [0.1, 0.15) is 17.3 Å². The van der Waals surface area contributed by atoms with Crippen LogP contribution in [0.2, 0.25) is 0 Å². The van der Waals surface area contributed by atoms with Crippen LogP contribution >= 0.6 is 0 Å². The van der Waals surface area contributed by atoms with E-state index in [0.717, 1.165) is 11.3 Å². The van der Waals surface area contributed by atoms with Gasteiger partial charge >= 0.3 is 0 Å². The lowest BCUT2D eigenvalue weighted by Gasteiger charge is -2.09. The monoisotopic (exact) mass is 394 g/mol. The summed E-state index contributed by atoms with van der Waals surface area (Å²) in [6.07, 6.45) is 5.68. The molecule has 0 aliphatic heterocycles. The Morgan fingerprint density at radius 3 is 2.52 bits per heavy atom. The highest BCUT2D eigenvalue weighted by atomic mass is 19.1. The molecule has 0 fully saturated rings. The predicted molar refractivity (Wildman–Crippen MR) is 106 cm³/mol. The van der Waals surface area contributed by atoms with Crippen LogP contribution in [-0.4, -0.2) is 28.0 Å². The third-order valence-electron chi connectivity index (χ3n) is 3.89. The van der Waals surface area contributed by atoms with Crippen LogP contribution in [0, 0.1) is 5.82 Å². The van der Waals surface area contributed by atoms with Crippen molar-refractivity contribution < 1.29 is 18.7 Å². The zero-order valence-corrected chi connectivity index (χ0v) is 15.6. The fraction of sp³-hybridized carbons (Fsp3) is 0.0952. The number of ether oxygens (including phenoxy) is 1. The summed E-state index contributed by atoms with van der Waals surface area (Å²) in [4.78, 5) is 28.2. The first-order valence-corrected chi connectivity index (χ1v) is 8.86. The number of carbonyl (C=O) groups excluding carboxylic acids is 2. The average Bonchev–Trinajstić information content (AvgIpc) is 3.22. The summed E-state index contributed by atoms with van der Waals surface area (Å²) in [6.45, 7) is 2.48. The van der Waals surface area contributed by atoms with Gasteiger partial charge in [-0.25, -0.2) is 9.37 Å². The maximum atomic E-state index is 13.1. The summed E-state index contributed by atoms with van der Waals surface area (Å²) in [5, 5.41) is 0. The van der Waals surface area contributed by atoms with Crippen molar-refractivity contribution in [2.45, 2.75) is 6.92 Å². The Hall–Kier alpha value is -3.94. The van der Waals surface area contributed by atoms with E-state index in [-0.39, 0.29) is 11.5 Å². The van der Waals surface area contributed by atoms with Crippen molar-refractivity contribution in [2.75, 3.05) is 6.61 Å². The van der Waals surface area contributed by atoms with Gasteiger partial charge in [0.05, 0.1) is 19.1 Å². The Bertz CT molecular complexity index is 1010. The van der Waals surface area contributed by atoms with Gasteiger partial charge in [0.15, 0.2) is 0 Å². The molecule has 0 atom stereocenters. The van der Waals surface area contributed by atoms with Gasteiger partial charge in [0.25, 0.3) is 11.8 Å². The highest BCUT2D eigenvalue weighted by Gasteiger charge is 2.13. The number of hydrogen-bond acceptors (Lipinski definition) is 4. The lowest BCUT2D eigenvalue weighted by atomic mass is 10.2. The molecule has 2 aromatic carbocycles. The molecule has 29 heavy (non-hydrogen) atoms. The predicted octanol–water partition coefficient (Wildman–Crippen LogP) is 2.88. The molecule has 0 aliphatic rings. The van der Waals surface area contributed by atoms with Gasteiger partial charge in [-0.15, -0.1) is 0 Å². The van der Waals surface area contributed by atoms with E-state index in [9.17, 15) is 14.0 Å². The highest BCUT2D eigenvalue weighted by Crippen LogP contribution is 2.13. The van der Waals surface area contributed by atoms with Crippen molar-refractivity contribution in [1.29, 1.82) is 0 Å². The molecule has 0 saturated carbocycles. The summed E-state index contributed by atoms with van der Waals surface area (Å²) >= 11 is 0. The number of benzene rings is 2. The Labute approximate surface area is 166 Å². The molecular formula is C21H19FN4O3. The number of imidazole rings is 1. The van der Waals surface area contributed by atoms with Crippen LogP contribution in [0.3, 0.4) is 0 Å². The fourth-order valence-electron chi connectivity index (χ4n) is 2.51. The molecule has 0 radical (unpaired) electrons. The first-order valence-electron chi connectivity index (χ1n) is 8.86. The number of carbonyl (C=O) groups is 2. The van der Waals surface area contributed by atoms with Gasteiger partial charge in [-0.3, -0.25) is 25.0 Å². The number of rotatable bonds is 6. The number of nitrogens with one attached hydrogen (secondary N) is 2. The largest absolute Gasteiger partial charge is 0.494 e. The van der Waals surface area contributed by atoms with Gasteiger partial charge in [-0.2, -0.15) is 0 Å². The second kappa shape index (κ2) is 9.32. The molecule has 7 nitrogen and oxygen atoms in total. The molecule has 0 bridgehead atoms. The molecule has 2 amide bonds. The van der Waals surface area contributed by atoms with Crippen LogP contribution in [0.4, 0.5) is 4.39 Å². The standard InChI is InChI=1S/C21H19FN4O3/c1-2-29-18-10-3-15(4-11-18)5-12-20(27)24-25-21(28)19-13-23-14-26(19)17-8-6-16(22)7-9-17/h3-14H,2H2,1H3,(H,24,27)(H,25,28)/b12-5+. The molecule has 2 N–H and O–H groups in total. The molecule has 1 aromatic heterocycles. The first kappa shape index (κ1) is 19.8. The van der Waals surface area contributed by atoms with E-state index in [1.165, 1.54) is 47.4 Å². The fourth-order valence-corrected chi connectivity index (χ4v) is 2.51. The third-order valence-corrected chi connectivity index (χ3v) is 3.89. The van der Waals surface area contributed by atoms with E-state index in [4.69, 9.17) is 4.74 Å². The van der Waals surface area contributed by atoms with E-state index >= 15 is 0 Å². The van der Waals surface area contributed by atoms with Gasteiger partial charge in [0.2, 0.25) is 0 Å². The van der Waals surface area contributed by atoms with Crippen LogP contribution in [-0.2, 0) is 4.79 Å². The molecule has 0 saturated heterocycles. The molecule has 8 heteroatoms. The van der Waals surface area contributed by atoms with Crippen LogP contribution in [0.15, 0.2) is 67.1 Å². The van der Waals surface area contributed by atoms with Crippen LogP contribution in [0.25, 0.3) is 11.8 Å². The summed E-state index contributed by atoms with van der Waals surface area (Å²) in [6, 6.07) is 12.8. The number of amides is 2. The smallest absolute Gasteiger partial charge is 0.288 e. The van der Waals surface area contributed by atoms with E-state index in [1.54, 1.807) is 18.2 Å². The first-order chi connectivity index (χ1) is 14.1. The summed E-state index contributed by atoms with van der Waals surface area (Å²) in [5.74, 6) is -0.694. The number of hydrogen-bond donors (Lipinski definition) is 2. The Balaban J connectivity index is 1.57. The molecule has 0 spiro atoms. The van der Waals surface area contributed by atoms with Crippen molar-refractivity contribution in [2.24, 2.45) is 0 Å². The molecule has 1 heterocycles. The lowest BCUT2D eigenvalue weighted by molar-refractivity contribution is -0.117. The van der Waals surface area contributed by atoms with Gasteiger partial charge in [0, 0.05) is 11.8 Å². The minimum atomic E-state index is -0.561. The lowest BCUT2D eigenvalue weighted by Crippen LogP contribution is -2.41. The maximum absolute atomic E-state index is 13.1. The van der Waals surface area contributed by atoms with Crippen LogP contribution in [0.1, 0.15) is 23.0 Å². The van der Waals surface area contributed by atoms with E-state index in [1.807, 2.05) is 19.1 Å². The molecule has 3 rings (SSSR count). The zero-order valence-electron chi connectivity index (χ0n) is 15.6. The number of nitrogens with zero attached hydrogens (tertiary/aromatic N) is 2. The van der Waals surface area contributed by atoms with Crippen molar-refractivity contribution in [3.8, 4) is 11.4 Å². The van der Waals surface area contributed by atoms with E-state index < -0.39 is 11.8 Å². The molecule has 0 unspecified atom stereocenters. The van der Waals surface area contributed by atoms with Gasteiger partial charge in [-0.05, 0) is 55.0 Å². The molecular weight excluding hydrogens is 375 g/mol. The Kier molecular flexibility index (Phi) is 6.36.